The SMILES string of the molecule is Cc1ccc(N(C2CC2)S(=O)[O-])c2ccccc12. The third kappa shape index (κ3) is 1.91. The van der Waals surface area contributed by atoms with Crippen LogP contribution in [0.15, 0.2) is 36.4 Å². The lowest BCUT2D eigenvalue weighted by molar-refractivity contribution is 0.531. The molecule has 0 aliphatic heterocycles. The van der Waals surface area contributed by atoms with Crippen LogP contribution < -0.4 is 4.31 Å². The molecule has 0 amide bonds. The first-order valence-electron chi connectivity index (χ1n) is 6.05. The van der Waals surface area contributed by atoms with E-state index in [4.69, 9.17) is 0 Å². The molecule has 1 unspecified atom stereocenters. The normalized spacial score (nSPS) is 16.8. The molecule has 0 heterocycles. The predicted octanol–water partition coefficient (Wildman–Crippen LogP) is 2.91. The van der Waals surface area contributed by atoms with Crippen LogP contribution in [0, 0.1) is 6.92 Å². The maximum Gasteiger partial charge on any atom is 0.0564 e. The van der Waals surface area contributed by atoms with E-state index in [2.05, 4.69) is 0 Å². The largest absolute Gasteiger partial charge is 0.755 e. The summed E-state index contributed by atoms with van der Waals surface area (Å²) in [5.74, 6) is 0. The molecule has 1 atom stereocenters. The van der Waals surface area contributed by atoms with E-state index >= 15 is 0 Å². The Morgan fingerprint density at radius 1 is 1.17 bits per heavy atom. The highest BCUT2D eigenvalue weighted by atomic mass is 32.2. The molecule has 1 aliphatic carbocycles. The van der Waals surface area contributed by atoms with Crippen LogP contribution >= 0.6 is 0 Å². The van der Waals surface area contributed by atoms with Crippen molar-refractivity contribution in [2.75, 3.05) is 4.31 Å². The van der Waals surface area contributed by atoms with Crippen LogP contribution in [-0.4, -0.2) is 14.8 Å². The van der Waals surface area contributed by atoms with E-state index in [-0.39, 0.29) is 6.04 Å². The molecule has 0 aromatic heterocycles. The molecule has 3 rings (SSSR count). The minimum atomic E-state index is -2.20. The molecule has 1 aliphatic rings. The summed E-state index contributed by atoms with van der Waals surface area (Å²) in [4.78, 5) is 0. The number of rotatable bonds is 3. The van der Waals surface area contributed by atoms with Gasteiger partial charge in [0.15, 0.2) is 0 Å². The predicted molar refractivity (Wildman–Crippen MR) is 73.1 cm³/mol. The second kappa shape index (κ2) is 4.37. The average Bonchev–Trinajstić information content (AvgIpc) is 3.17. The summed E-state index contributed by atoms with van der Waals surface area (Å²) in [6, 6.07) is 12.0. The van der Waals surface area contributed by atoms with E-state index < -0.39 is 11.3 Å². The van der Waals surface area contributed by atoms with Gasteiger partial charge < -0.3 is 4.55 Å². The second-order valence-corrected chi connectivity index (χ2v) is 5.55. The first-order chi connectivity index (χ1) is 8.68. The van der Waals surface area contributed by atoms with Gasteiger partial charge in [0.05, 0.1) is 5.69 Å². The number of aryl methyl sites for hydroxylation is 1. The second-order valence-electron chi connectivity index (χ2n) is 4.72. The first kappa shape index (κ1) is 11.7. The van der Waals surface area contributed by atoms with Crippen LogP contribution in [0.4, 0.5) is 5.69 Å². The first-order valence-corrected chi connectivity index (χ1v) is 7.08. The van der Waals surface area contributed by atoms with E-state index in [0.717, 1.165) is 29.3 Å². The van der Waals surface area contributed by atoms with E-state index in [9.17, 15) is 8.76 Å². The van der Waals surface area contributed by atoms with Crippen molar-refractivity contribution < 1.29 is 8.76 Å². The van der Waals surface area contributed by atoms with Crippen molar-refractivity contribution in [2.45, 2.75) is 25.8 Å². The smallest absolute Gasteiger partial charge is 0.0564 e. The maximum absolute atomic E-state index is 11.4. The van der Waals surface area contributed by atoms with Crippen molar-refractivity contribution in [2.24, 2.45) is 0 Å². The molecule has 0 spiro atoms. The van der Waals surface area contributed by atoms with Gasteiger partial charge in [0.2, 0.25) is 0 Å². The number of fused-ring (bicyclic) bond motifs is 1. The zero-order valence-corrected chi connectivity index (χ0v) is 10.9. The van der Waals surface area contributed by atoms with Crippen molar-refractivity contribution in [3.05, 3.63) is 42.0 Å². The van der Waals surface area contributed by atoms with Crippen LogP contribution in [0.5, 0.6) is 0 Å². The molecule has 3 nitrogen and oxygen atoms in total. The van der Waals surface area contributed by atoms with Gasteiger partial charge in [-0.15, -0.1) is 0 Å². The van der Waals surface area contributed by atoms with Gasteiger partial charge in [-0.1, -0.05) is 30.3 Å². The van der Waals surface area contributed by atoms with Gasteiger partial charge in [0, 0.05) is 22.7 Å². The lowest BCUT2D eigenvalue weighted by Gasteiger charge is -2.27. The van der Waals surface area contributed by atoms with Crippen LogP contribution in [0.3, 0.4) is 0 Å². The standard InChI is InChI=1S/C14H15NO2S/c1-10-6-9-14(13-5-3-2-4-12(10)13)15(18(16)17)11-7-8-11/h2-6,9,11H,7-8H2,1H3,(H,16,17)/p-1. The molecule has 0 N–H and O–H groups in total. The van der Waals surface area contributed by atoms with Crippen LogP contribution in [0.2, 0.25) is 0 Å². The van der Waals surface area contributed by atoms with Gasteiger partial charge >= 0.3 is 0 Å². The number of benzene rings is 2. The Kier molecular flexibility index (Phi) is 2.84. The molecule has 0 bridgehead atoms. The molecule has 94 valence electrons. The lowest BCUT2D eigenvalue weighted by Crippen LogP contribution is -2.27. The highest BCUT2D eigenvalue weighted by molar-refractivity contribution is 7.80. The summed E-state index contributed by atoms with van der Waals surface area (Å²) in [5, 5.41) is 2.12. The zero-order valence-electron chi connectivity index (χ0n) is 10.1. The van der Waals surface area contributed by atoms with Crippen molar-refractivity contribution in [3.8, 4) is 0 Å². The summed E-state index contributed by atoms with van der Waals surface area (Å²) in [6.07, 6.45) is 1.91. The Bertz CT molecular complexity index is 622. The Labute approximate surface area is 109 Å². The van der Waals surface area contributed by atoms with Gasteiger partial charge in [-0.25, -0.2) is 0 Å². The zero-order chi connectivity index (χ0) is 12.7. The minimum absolute atomic E-state index is 0.148. The maximum atomic E-state index is 11.4. The van der Waals surface area contributed by atoms with Gasteiger partial charge in [-0.05, 0) is 36.8 Å². The fourth-order valence-corrected chi connectivity index (χ4v) is 3.11. The summed E-state index contributed by atoms with van der Waals surface area (Å²) in [7, 11) is 0. The Morgan fingerprint density at radius 2 is 1.83 bits per heavy atom. The highest BCUT2D eigenvalue weighted by Crippen LogP contribution is 2.37. The Hall–Kier alpha value is -1.39. The summed E-state index contributed by atoms with van der Waals surface area (Å²) < 4.78 is 24.4. The molecule has 1 saturated carbocycles. The monoisotopic (exact) mass is 260 g/mol. The van der Waals surface area contributed by atoms with Crippen molar-refractivity contribution in [1.29, 1.82) is 0 Å². The van der Waals surface area contributed by atoms with Crippen LogP contribution in [0.1, 0.15) is 18.4 Å². The Balaban J connectivity index is 2.22. The van der Waals surface area contributed by atoms with Crippen molar-refractivity contribution in [3.63, 3.8) is 0 Å². The fourth-order valence-electron chi connectivity index (χ4n) is 2.33. The molecule has 2 aromatic carbocycles. The number of nitrogens with zero attached hydrogens (tertiary/aromatic N) is 1. The van der Waals surface area contributed by atoms with Crippen molar-refractivity contribution in [1.82, 2.24) is 0 Å². The molecule has 2 aromatic rings. The number of hydrogen-bond acceptors (Lipinski definition) is 2. The minimum Gasteiger partial charge on any atom is -0.755 e. The van der Waals surface area contributed by atoms with Gasteiger partial charge in [0.1, 0.15) is 0 Å². The van der Waals surface area contributed by atoms with Crippen LogP contribution in [-0.2, 0) is 11.3 Å². The molecule has 18 heavy (non-hydrogen) atoms. The van der Waals surface area contributed by atoms with Crippen LogP contribution in [0.25, 0.3) is 10.8 Å². The highest BCUT2D eigenvalue weighted by Gasteiger charge is 2.31. The molecule has 4 heteroatoms. The van der Waals surface area contributed by atoms with Gasteiger partial charge in [-0.2, -0.15) is 0 Å². The lowest BCUT2D eigenvalue weighted by atomic mass is 10.0. The third-order valence-corrected chi connectivity index (χ3v) is 4.21. The number of anilines is 1. The van der Waals surface area contributed by atoms with E-state index in [0.29, 0.717) is 0 Å². The molecular formula is C14H14NO2S-. The molecule has 1 fully saturated rings. The number of hydrogen-bond donors (Lipinski definition) is 0. The van der Waals surface area contributed by atoms with E-state index in [1.54, 1.807) is 0 Å². The molecule has 0 radical (unpaired) electrons. The summed E-state index contributed by atoms with van der Waals surface area (Å²) in [6.45, 7) is 2.04. The molecular weight excluding hydrogens is 246 g/mol. The topological polar surface area (TPSA) is 43.4 Å². The molecule has 0 saturated heterocycles. The Morgan fingerprint density at radius 3 is 2.44 bits per heavy atom. The van der Waals surface area contributed by atoms with Gasteiger partial charge in [0.25, 0.3) is 0 Å². The van der Waals surface area contributed by atoms with Gasteiger partial charge in [-0.3, -0.25) is 8.51 Å². The fraction of sp³-hybridized carbons (Fsp3) is 0.286. The average molecular weight is 260 g/mol. The summed E-state index contributed by atoms with van der Waals surface area (Å²) >= 11 is -2.20. The quantitative estimate of drug-likeness (QED) is 0.796. The summed E-state index contributed by atoms with van der Waals surface area (Å²) in [5.41, 5.74) is 1.97. The van der Waals surface area contributed by atoms with Crippen molar-refractivity contribution >= 4 is 27.7 Å². The van der Waals surface area contributed by atoms with E-state index in [1.165, 1.54) is 9.87 Å². The van der Waals surface area contributed by atoms with E-state index in [1.807, 2.05) is 43.3 Å². The third-order valence-electron chi connectivity index (χ3n) is 3.40.